The molecular formula is C29H27F3O3. The molecule has 1 N–H and O–H groups in total. The van der Waals surface area contributed by atoms with Crippen LogP contribution in [0.3, 0.4) is 0 Å². The molecule has 35 heavy (non-hydrogen) atoms. The maximum absolute atomic E-state index is 13.9. The smallest absolute Gasteiger partial charge is 0.383 e. The summed E-state index contributed by atoms with van der Waals surface area (Å²) in [5, 5.41) is 12.2. The van der Waals surface area contributed by atoms with E-state index in [0.29, 0.717) is 0 Å². The van der Waals surface area contributed by atoms with Gasteiger partial charge in [0.1, 0.15) is 11.4 Å². The van der Waals surface area contributed by atoms with Gasteiger partial charge in [-0.05, 0) is 55.5 Å². The van der Waals surface area contributed by atoms with E-state index < -0.39 is 46.2 Å². The van der Waals surface area contributed by atoms with Gasteiger partial charge < -0.3 is 5.11 Å². The van der Waals surface area contributed by atoms with Crippen molar-refractivity contribution in [2.45, 2.75) is 38.5 Å². The van der Waals surface area contributed by atoms with Crippen molar-refractivity contribution in [3.8, 4) is 0 Å². The molecule has 0 bridgehead atoms. The lowest BCUT2D eigenvalue weighted by atomic mass is 9.52. The number of Topliss-reactive ketones (excluding diaryl/α,β-unsaturated/α-hetero) is 2. The number of alkyl halides is 3. The number of carbonyl (C=O) groups excluding carboxylic acids is 2. The molecule has 3 aromatic carbocycles. The molecule has 0 heterocycles. The first-order valence-corrected chi connectivity index (χ1v) is 11.5. The Hall–Kier alpha value is -3.25. The summed E-state index contributed by atoms with van der Waals surface area (Å²) in [6, 6.07) is 22.5. The van der Waals surface area contributed by atoms with Gasteiger partial charge in [-0.1, -0.05) is 72.8 Å². The van der Waals surface area contributed by atoms with Crippen molar-refractivity contribution in [3.05, 3.63) is 107 Å². The molecule has 182 valence electrons. The molecule has 3 nitrogen and oxygen atoms in total. The van der Waals surface area contributed by atoms with E-state index in [1.807, 2.05) is 60.7 Å². The Morgan fingerprint density at radius 2 is 1.26 bits per heavy atom. The van der Waals surface area contributed by atoms with Crippen molar-refractivity contribution < 1.29 is 27.9 Å². The van der Waals surface area contributed by atoms with Crippen molar-refractivity contribution >= 4 is 11.6 Å². The molecular weight excluding hydrogens is 453 g/mol. The summed E-state index contributed by atoms with van der Waals surface area (Å²) >= 11 is 0. The maximum Gasteiger partial charge on any atom is 0.416 e. The Bertz CT molecular complexity index is 1200. The normalized spacial score (nSPS) is 24.4. The molecule has 0 radical (unpaired) electrons. The largest absolute Gasteiger partial charge is 0.416 e. The maximum atomic E-state index is 13.9. The molecule has 0 spiro atoms. The molecule has 1 aliphatic carbocycles. The minimum atomic E-state index is -4.54. The molecule has 0 saturated heterocycles. The van der Waals surface area contributed by atoms with Crippen LogP contribution in [-0.4, -0.2) is 16.7 Å². The molecule has 1 fully saturated rings. The molecule has 0 aromatic heterocycles. The Labute approximate surface area is 202 Å². The minimum absolute atomic E-state index is 0.122. The number of carbonyl (C=O) groups is 2. The highest BCUT2D eigenvalue weighted by atomic mass is 19.4. The fraction of sp³-hybridized carbons (Fsp3) is 0.310. The van der Waals surface area contributed by atoms with Gasteiger partial charge in [-0.15, -0.1) is 0 Å². The number of rotatable bonds is 5. The predicted octanol–water partition coefficient (Wildman–Crippen LogP) is 5.79. The van der Waals surface area contributed by atoms with E-state index in [1.165, 1.54) is 12.1 Å². The predicted molar refractivity (Wildman–Crippen MR) is 126 cm³/mol. The van der Waals surface area contributed by atoms with Crippen LogP contribution in [0.5, 0.6) is 0 Å². The molecule has 3 atom stereocenters. The minimum Gasteiger partial charge on any atom is -0.383 e. The molecule has 4 rings (SSSR count). The first-order valence-electron chi connectivity index (χ1n) is 11.5. The van der Waals surface area contributed by atoms with Crippen molar-refractivity contribution in [1.29, 1.82) is 0 Å². The second-order valence-corrected chi connectivity index (χ2v) is 9.72. The van der Waals surface area contributed by atoms with E-state index in [2.05, 4.69) is 0 Å². The van der Waals surface area contributed by atoms with E-state index >= 15 is 0 Å². The average Bonchev–Trinajstić information content (AvgIpc) is 2.84. The van der Waals surface area contributed by atoms with Gasteiger partial charge in [0.05, 0.1) is 22.8 Å². The van der Waals surface area contributed by atoms with Crippen LogP contribution in [0.25, 0.3) is 0 Å². The van der Waals surface area contributed by atoms with Crippen LogP contribution in [-0.2, 0) is 34.2 Å². The van der Waals surface area contributed by atoms with Crippen molar-refractivity contribution in [2.75, 3.05) is 0 Å². The van der Waals surface area contributed by atoms with Crippen LogP contribution >= 0.6 is 0 Å². The zero-order chi connectivity index (χ0) is 25.4. The number of ketones is 2. The van der Waals surface area contributed by atoms with Gasteiger partial charge in [0, 0.05) is 0 Å². The van der Waals surface area contributed by atoms with E-state index in [9.17, 15) is 27.9 Å². The van der Waals surface area contributed by atoms with Crippen molar-refractivity contribution in [2.24, 2.45) is 17.3 Å². The van der Waals surface area contributed by atoms with Crippen molar-refractivity contribution in [1.82, 2.24) is 0 Å². The summed E-state index contributed by atoms with van der Waals surface area (Å²) in [5.74, 6) is -2.80. The monoisotopic (exact) mass is 480 g/mol. The molecule has 0 aliphatic heterocycles. The fourth-order valence-corrected chi connectivity index (χ4v) is 5.25. The Morgan fingerprint density at radius 1 is 0.771 bits per heavy atom. The summed E-state index contributed by atoms with van der Waals surface area (Å²) < 4.78 is 39.6. The zero-order valence-corrected chi connectivity index (χ0v) is 19.5. The van der Waals surface area contributed by atoms with E-state index in [-0.39, 0.29) is 18.4 Å². The van der Waals surface area contributed by atoms with Gasteiger partial charge in [-0.2, -0.15) is 13.2 Å². The first kappa shape index (κ1) is 24.9. The summed E-state index contributed by atoms with van der Waals surface area (Å²) in [6.07, 6.45) is -4.19. The van der Waals surface area contributed by atoms with Crippen LogP contribution in [0.2, 0.25) is 0 Å². The zero-order valence-electron chi connectivity index (χ0n) is 19.5. The third kappa shape index (κ3) is 4.43. The van der Waals surface area contributed by atoms with Gasteiger partial charge in [0.15, 0.2) is 5.78 Å². The van der Waals surface area contributed by atoms with Gasteiger partial charge in [-0.25, -0.2) is 0 Å². The lowest BCUT2D eigenvalue weighted by Gasteiger charge is -2.52. The third-order valence-corrected chi connectivity index (χ3v) is 7.29. The van der Waals surface area contributed by atoms with Gasteiger partial charge in [-0.3, -0.25) is 9.59 Å². The van der Waals surface area contributed by atoms with Crippen LogP contribution in [0.1, 0.15) is 36.1 Å². The van der Waals surface area contributed by atoms with Gasteiger partial charge >= 0.3 is 6.18 Å². The van der Waals surface area contributed by atoms with Crippen LogP contribution in [0, 0.1) is 17.3 Å². The van der Waals surface area contributed by atoms with Crippen LogP contribution in [0.15, 0.2) is 84.9 Å². The van der Waals surface area contributed by atoms with Gasteiger partial charge in [0.2, 0.25) is 0 Å². The highest BCUT2D eigenvalue weighted by Gasteiger charge is 2.63. The third-order valence-electron chi connectivity index (χ3n) is 7.29. The lowest BCUT2D eigenvalue weighted by Crippen LogP contribution is -2.63. The summed E-state index contributed by atoms with van der Waals surface area (Å²) in [7, 11) is 0. The number of hydrogen-bond donors (Lipinski definition) is 1. The molecule has 1 aliphatic rings. The Balaban J connectivity index is 1.83. The SMILES string of the molecule is CC1(C)C(=O)C(Cc2ccccc2)C(=O)C(Cc2ccccc2)C1(O)c1ccc(C(F)(F)F)cc1. The number of benzene rings is 3. The van der Waals surface area contributed by atoms with Crippen LogP contribution in [0.4, 0.5) is 13.2 Å². The quantitative estimate of drug-likeness (QED) is 0.471. The molecule has 6 heteroatoms. The summed E-state index contributed by atoms with van der Waals surface area (Å²) in [5.41, 5.74) is -2.55. The van der Waals surface area contributed by atoms with E-state index in [4.69, 9.17) is 0 Å². The molecule has 3 aromatic rings. The number of aliphatic hydroxyl groups is 1. The average molecular weight is 481 g/mol. The van der Waals surface area contributed by atoms with Crippen molar-refractivity contribution in [3.63, 3.8) is 0 Å². The standard InChI is InChI=1S/C29H27F3O3/c1-27(2)26(34)23(17-19-9-5-3-6-10-19)25(33)24(18-20-11-7-4-8-12-20)28(27,35)21-13-15-22(16-14-21)29(30,31)32/h3-16,23-24,35H,17-18H2,1-2H3. The second-order valence-electron chi connectivity index (χ2n) is 9.72. The fourth-order valence-electron chi connectivity index (χ4n) is 5.25. The summed E-state index contributed by atoms with van der Waals surface area (Å²) in [4.78, 5) is 27.6. The topological polar surface area (TPSA) is 54.4 Å². The second kappa shape index (κ2) is 9.08. The molecule has 3 unspecified atom stereocenters. The lowest BCUT2D eigenvalue weighted by molar-refractivity contribution is -0.181. The van der Waals surface area contributed by atoms with E-state index in [0.717, 1.165) is 23.3 Å². The van der Waals surface area contributed by atoms with Gasteiger partial charge in [0.25, 0.3) is 0 Å². The van der Waals surface area contributed by atoms with Crippen LogP contribution < -0.4 is 0 Å². The number of halogens is 3. The molecule has 0 amide bonds. The number of hydrogen-bond acceptors (Lipinski definition) is 3. The molecule has 1 saturated carbocycles. The van der Waals surface area contributed by atoms with E-state index in [1.54, 1.807) is 13.8 Å². The highest BCUT2D eigenvalue weighted by Crippen LogP contribution is 2.53. The Kier molecular flexibility index (Phi) is 6.45. The highest BCUT2D eigenvalue weighted by molar-refractivity contribution is 6.09. The first-order chi connectivity index (χ1) is 16.5. The Morgan fingerprint density at radius 3 is 1.74 bits per heavy atom. The summed E-state index contributed by atoms with van der Waals surface area (Å²) in [6.45, 7) is 3.16.